The van der Waals surface area contributed by atoms with E-state index in [4.69, 9.17) is 10.5 Å². The third-order valence-corrected chi connectivity index (χ3v) is 5.20. The minimum atomic E-state index is -3.03. The van der Waals surface area contributed by atoms with Crippen molar-refractivity contribution in [3.05, 3.63) is 29.8 Å². The topological polar surface area (TPSA) is 98.5 Å². The number of carbonyl (C=O) groups is 1. The summed E-state index contributed by atoms with van der Waals surface area (Å²) in [6.07, 6.45) is 1.27. The van der Waals surface area contributed by atoms with Gasteiger partial charge in [-0.05, 0) is 18.9 Å². The van der Waals surface area contributed by atoms with Gasteiger partial charge in [-0.15, -0.1) is 0 Å². The fourth-order valence-corrected chi connectivity index (χ4v) is 4.00. The first-order valence-corrected chi connectivity index (χ1v) is 8.73. The molecule has 116 valence electrons. The molecule has 21 heavy (non-hydrogen) atoms. The first-order chi connectivity index (χ1) is 10.00. The van der Waals surface area contributed by atoms with Gasteiger partial charge in [-0.1, -0.05) is 18.2 Å². The van der Waals surface area contributed by atoms with E-state index in [0.717, 1.165) is 5.56 Å². The van der Waals surface area contributed by atoms with Crippen molar-refractivity contribution in [1.29, 1.82) is 0 Å². The Hall–Kier alpha value is -1.60. The maximum atomic E-state index is 11.8. The van der Waals surface area contributed by atoms with Gasteiger partial charge in [0.05, 0.1) is 11.5 Å². The molecule has 0 aromatic heterocycles. The molecule has 0 radical (unpaired) electrons. The number of nitrogens with two attached hydrogens (primary N) is 1. The van der Waals surface area contributed by atoms with Gasteiger partial charge in [0.1, 0.15) is 5.75 Å². The Balaban J connectivity index is 1.85. The van der Waals surface area contributed by atoms with Crippen molar-refractivity contribution < 1.29 is 17.9 Å². The largest absolute Gasteiger partial charge is 0.483 e. The molecule has 1 aliphatic heterocycles. The van der Waals surface area contributed by atoms with E-state index in [1.807, 2.05) is 12.1 Å². The van der Waals surface area contributed by atoms with Crippen molar-refractivity contribution in [2.24, 2.45) is 5.73 Å². The molecule has 0 bridgehead atoms. The highest BCUT2D eigenvalue weighted by atomic mass is 32.2. The van der Waals surface area contributed by atoms with E-state index >= 15 is 0 Å². The predicted molar refractivity (Wildman–Crippen MR) is 79.6 cm³/mol. The Kier molecular flexibility index (Phi) is 5.19. The number of nitrogens with one attached hydrogen (secondary N) is 1. The molecule has 1 atom stereocenters. The summed E-state index contributed by atoms with van der Waals surface area (Å²) >= 11 is 0. The number of sulfone groups is 1. The maximum Gasteiger partial charge on any atom is 0.258 e. The Morgan fingerprint density at radius 1 is 1.38 bits per heavy atom. The Morgan fingerprint density at radius 3 is 2.86 bits per heavy atom. The molecule has 3 N–H and O–H groups in total. The Labute approximate surface area is 124 Å². The summed E-state index contributed by atoms with van der Waals surface area (Å²) in [7, 11) is -3.03. The van der Waals surface area contributed by atoms with Crippen LogP contribution in [0.4, 0.5) is 0 Å². The fourth-order valence-electron chi connectivity index (χ4n) is 2.36. The molecule has 0 spiro atoms. The van der Waals surface area contributed by atoms with Gasteiger partial charge < -0.3 is 15.8 Å². The molecule has 1 aromatic rings. The van der Waals surface area contributed by atoms with Gasteiger partial charge in [0.25, 0.3) is 5.91 Å². The van der Waals surface area contributed by atoms with Crippen LogP contribution in [0.25, 0.3) is 0 Å². The summed E-state index contributed by atoms with van der Waals surface area (Å²) in [5.74, 6) is 0.480. The summed E-state index contributed by atoms with van der Waals surface area (Å²) in [6, 6.07) is 6.92. The first kappa shape index (κ1) is 15.8. The summed E-state index contributed by atoms with van der Waals surface area (Å²) in [5, 5.41) is 2.71. The van der Waals surface area contributed by atoms with E-state index in [0.29, 0.717) is 25.1 Å². The van der Waals surface area contributed by atoms with Crippen LogP contribution < -0.4 is 15.8 Å². The van der Waals surface area contributed by atoms with Crippen molar-refractivity contribution in [2.45, 2.75) is 25.4 Å². The highest BCUT2D eigenvalue weighted by Crippen LogP contribution is 2.17. The molecule has 0 aliphatic carbocycles. The van der Waals surface area contributed by atoms with Crippen molar-refractivity contribution >= 4 is 15.7 Å². The van der Waals surface area contributed by atoms with Gasteiger partial charge in [0, 0.05) is 18.2 Å². The van der Waals surface area contributed by atoms with Crippen molar-refractivity contribution in [3.63, 3.8) is 0 Å². The molecule has 1 amide bonds. The smallest absolute Gasteiger partial charge is 0.258 e. The van der Waals surface area contributed by atoms with E-state index in [1.54, 1.807) is 12.1 Å². The molecule has 1 aliphatic rings. The second-order valence-corrected chi connectivity index (χ2v) is 7.35. The summed E-state index contributed by atoms with van der Waals surface area (Å²) < 4.78 is 28.5. The van der Waals surface area contributed by atoms with Crippen LogP contribution in [0.1, 0.15) is 18.4 Å². The number of hydrogen-bond acceptors (Lipinski definition) is 5. The van der Waals surface area contributed by atoms with Gasteiger partial charge in [0.15, 0.2) is 16.4 Å². The van der Waals surface area contributed by atoms with Crippen LogP contribution in [0.3, 0.4) is 0 Å². The van der Waals surface area contributed by atoms with Gasteiger partial charge in [-0.3, -0.25) is 4.79 Å². The lowest BCUT2D eigenvalue weighted by atomic mass is 10.2. The SMILES string of the molecule is NCc1ccccc1OCC(=O)NC1CCCS(=O)(=O)C1. The Morgan fingerprint density at radius 2 is 2.14 bits per heavy atom. The third kappa shape index (κ3) is 4.71. The number of para-hydroxylation sites is 1. The second kappa shape index (κ2) is 6.91. The minimum Gasteiger partial charge on any atom is -0.483 e. The molecular weight excluding hydrogens is 292 g/mol. The molecule has 1 fully saturated rings. The van der Waals surface area contributed by atoms with Crippen LogP contribution in [0.5, 0.6) is 5.75 Å². The first-order valence-electron chi connectivity index (χ1n) is 6.91. The summed E-state index contributed by atoms with van der Waals surface area (Å²) in [5.41, 5.74) is 6.41. The normalized spacial score (nSPS) is 20.7. The van der Waals surface area contributed by atoms with E-state index in [9.17, 15) is 13.2 Å². The van der Waals surface area contributed by atoms with Crippen LogP contribution >= 0.6 is 0 Å². The van der Waals surface area contributed by atoms with Crippen LogP contribution in [0.15, 0.2) is 24.3 Å². The van der Waals surface area contributed by atoms with Gasteiger partial charge in [-0.2, -0.15) is 0 Å². The maximum absolute atomic E-state index is 11.8. The molecule has 1 saturated heterocycles. The number of carbonyl (C=O) groups excluding carboxylic acids is 1. The highest BCUT2D eigenvalue weighted by molar-refractivity contribution is 7.91. The zero-order valence-corrected chi connectivity index (χ0v) is 12.6. The summed E-state index contributed by atoms with van der Waals surface area (Å²) in [4.78, 5) is 11.8. The number of rotatable bonds is 5. The number of benzene rings is 1. The van der Waals surface area contributed by atoms with Crippen molar-refractivity contribution in [1.82, 2.24) is 5.32 Å². The van der Waals surface area contributed by atoms with Crippen LogP contribution in [0, 0.1) is 0 Å². The van der Waals surface area contributed by atoms with Gasteiger partial charge in [0.2, 0.25) is 0 Å². The fraction of sp³-hybridized carbons (Fsp3) is 0.500. The molecule has 7 heteroatoms. The van der Waals surface area contributed by atoms with Crippen molar-refractivity contribution in [3.8, 4) is 5.75 Å². The zero-order valence-electron chi connectivity index (χ0n) is 11.7. The molecule has 0 saturated carbocycles. The lowest BCUT2D eigenvalue weighted by molar-refractivity contribution is -0.123. The lowest BCUT2D eigenvalue weighted by Crippen LogP contribution is -2.44. The zero-order chi connectivity index (χ0) is 15.3. The third-order valence-electron chi connectivity index (χ3n) is 3.38. The molecular formula is C14H20N2O4S. The number of hydrogen-bond donors (Lipinski definition) is 2. The molecule has 2 rings (SSSR count). The molecule has 1 unspecified atom stereocenters. The van der Waals surface area contributed by atoms with Gasteiger partial charge >= 0.3 is 0 Å². The van der Waals surface area contributed by atoms with Gasteiger partial charge in [-0.25, -0.2) is 8.42 Å². The number of amides is 1. The van der Waals surface area contributed by atoms with Crippen LogP contribution in [0.2, 0.25) is 0 Å². The van der Waals surface area contributed by atoms with E-state index in [1.165, 1.54) is 0 Å². The quantitative estimate of drug-likeness (QED) is 0.810. The Bertz CT molecular complexity index is 601. The van der Waals surface area contributed by atoms with E-state index < -0.39 is 9.84 Å². The standard InChI is InChI=1S/C14H20N2O4S/c15-8-11-4-1-2-6-13(11)20-9-14(17)16-12-5-3-7-21(18,19)10-12/h1-2,4,6,12H,3,5,7-10,15H2,(H,16,17). The predicted octanol–water partition coefficient (Wildman–Crippen LogP) is 0.217. The summed E-state index contributed by atoms with van der Waals surface area (Å²) in [6.45, 7) is 0.187. The van der Waals surface area contributed by atoms with E-state index in [2.05, 4.69) is 5.32 Å². The average Bonchev–Trinajstić information content (AvgIpc) is 2.44. The van der Waals surface area contributed by atoms with Crippen LogP contribution in [-0.2, 0) is 21.2 Å². The molecule has 1 heterocycles. The molecule has 1 aromatic carbocycles. The highest BCUT2D eigenvalue weighted by Gasteiger charge is 2.25. The molecule has 6 nitrogen and oxygen atoms in total. The monoisotopic (exact) mass is 312 g/mol. The minimum absolute atomic E-state index is 0.0120. The number of ether oxygens (including phenoxy) is 1. The van der Waals surface area contributed by atoms with E-state index in [-0.39, 0.29) is 30.1 Å². The van der Waals surface area contributed by atoms with Crippen molar-refractivity contribution in [2.75, 3.05) is 18.1 Å². The second-order valence-electron chi connectivity index (χ2n) is 5.12. The van der Waals surface area contributed by atoms with Crippen LogP contribution in [-0.4, -0.2) is 38.5 Å². The lowest BCUT2D eigenvalue weighted by Gasteiger charge is -2.23. The average molecular weight is 312 g/mol.